The van der Waals surface area contributed by atoms with Crippen LogP contribution in [0.25, 0.3) is 0 Å². The van der Waals surface area contributed by atoms with Crippen molar-refractivity contribution in [2.75, 3.05) is 6.61 Å². The van der Waals surface area contributed by atoms with E-state index in [9.17, 15) is 4.79 Å². The molecule has 0 amide bonds. The molecule has 4 nitrogen and oxygen atoms in total. The van der Waals surface area contributed by atoms with Gasteiger partial charge in [-0.15, -0.1) is 11.3 Å². The fraction of sp³-hybridized carbons (Fsp3) is 0.667. The standard InChI is InChI=1S/C12H17NO3S/c1-3-16-11(8-4-5-8)12-13-7(2)9(17-12)6-10(14)15/h8,11H,3-6H2,1-2H3,(H,14,15). The molecule has 0 bridgehead atoms. The summed E-state index contributed by atoms with van der Waals surface area (Å²) in [5.41, 5.74) is 0.831. The van der Waals surface area contributed by atoms with Gasteiger partial charge in [0, 0.05) is 11.5 Å². The van der Waals surface area contributed by atoms with Crippen LogP contribution < -0.4 is 0 Å². The van der Waals surface area contributed by atoms with Crippen LogP contribution in [0.1, 0.15) is 41.4 Å². The van der Waals surface area contributed by atoms with E-state index in [1.54, 1.807) is 0 Å². The van der Waals surface area contributed by atoms with Crippen molar-refractivity contribution in [1.29, 1.82) is 0 Å². The van der Waals surface area contributed by atoms with Gasteiger partial charge >= 0.3 is 5.97 Å². The van der Waals surface area contributed by atoms with Crippen molar-refractivity contribution in [2.24, 2.45) is 5.92 Å². The van der Waals surface area contributed by atoms with E-state index in [1.165, 1.54) is 24.2 Å². The van der Waals surface area contributed by atoms with Crippen LogP contribution in [-0.4, -0.2) is 22.7 Å². The second kappa shape index (κ2) is 5.14. The predicted molar refractivity (Wildman–Crippen MR) is 65.3 cm³/mol. The van der Waals surface area contributed by atoms with E-state index in [0.29, 0.717) is 12.5 Å². The number of carboxylic acid groups (broad SMARTS) is 1. The molecule has 1 atom stereocenters. The average Bonchev–Trinajstić information content (AvgIpc) is 3.02. The van der Waals surface area contributed by atoms with Gasteiger partial charge in [-0.3, -0.25) is 4.79 Å². The van der Waals surface area contributed by atoms with Crippen LogP contribution in [0.15, 0.2) is 0 Å². The first-order valence-corrected chi connectivity index (χ1v) is 6.73. The van der Waals surface area contributed by atoms with Crippen LogP contribution in [0.3, 0.4) is 0 Å². The Balaban J connectivity index is 2.16. The molecular formula is C12H17NO3S. The van der Waals surface area contributed by atoms with Gasteiger partial charge in [-0.1, -0.05) is 0 Å². The number of aryl methyl sites for hydroxylation is 1. The molecule has 94 valence electrons. The van der Waals surface area contributed by atoms with Crippen molar-refractivity contribution in [3.8, 4) is 0 Å². The van der Waals surface area contributed by atoms with Crippen molar-refractivity contribution in [3.63, 3.8) is 0 Å². The van der Waals surface area contributed by atoms with Gasteiger partial charge in [0.15, 0.2) is 0 Å². The van der Waals surface area contributed by atoms with Gasteiger partial charge in [-0.2, -0.15) is 0 Å². The summed E-state index contributed by atoms with van der Waals surface area (Å²) >= 11 is 1.49. The first-order chi connectivity index (χ1) is 8.11. The molecule has 2 rings (SSSR count). The van der Waals surface area contributed by atoms with Crippen LogP contribution in [-0.2, 0) is 16.0 Å². The first-order valence-electron chi connectivity index (χ1n) is 5.91. The monoisotopic (exact) mass is 255 g/mol. The molecule has 1 aliphatic rings. The summed E-state index contributed by atoms with van der Waals surface area (Å²) in [6.45, 7) is 4.52. The molecule has 0 aromatic carbocycles. The minimum absolute atomic E-state index is 0.0625. The van der Waals surface area contributed by atoms with Gasteiger partial charge in [0.25, 0.3) is 0 Å². The first kappa shape index (κ1) is 12.5. The number of hydrogen-bond acceptors (Lipinski definition) is 4. The average molecular weight is 255 g/mol. The lowest BCUT2D eigenvalue weighted by atomic mass is 10.2. The normalized spacial score (nSPS) is 17.1. The SMILES string of the molecule is CCOC(c1nc(C)c(CC(=O)O)s1)C1CC1. The maximum Gasteiger partial charge on any atom is 0.308 e. The summed E-state index contributed by atoms with van der Waals surface area (Å²) in [6, 6.07) is 0. The number of aromatic nitrogens is 1. The molecule has 1 unspecified atom stereocenters. The summed E-state index contributed by atoms with van der Waals surface area (Å²) in [7, 11) is 0. The van der Waals surface area contributed by atoms with Crippen LogP contribution in [0, 0.1) is 12.8 Å². The summed E-state index contributed by atoms with van der Waals surface area (Å²) in [4.78, 5) is 16.0. The molecule has 0 saturated heterocycles. The summed E-state index contributed by atoms with van der Waals surface area (Å²) in [5, 5.41) is 9.76. The van der Waals surface area contributed by atoms with E-state index in [0.717, 1.165) is 15.6 Å². The molecule has 0 spiro atoms. The van der Waals surface area contributed by atoms with E-state index in [2.05, 4.69) is 4.98 Å². The lowest BCUT2D eigenvalue weighted by Gasteiger charge is -2.12. The number of aliphatic carboxylic acids is 1. The van der Waals surface area contributed by atoms with Gasteiger partial charge in [-0.05, 0) is 32.6 Å². The van der Waals surface area contributed by atoms with Gasteiger partial charge in [-0.25, -0.2) is 4.98 Å². The van der Waals surface area contributed by atoms with Crippen LogP contribution >= 0.6 is 11.3 Å². The number of carboxylic acids is 1. The highest BCUT2D eigenvalue weighted by Crippen LogP contribution is 2.44. The molecule has 1 N–H and O–H groups in total. The number of ether oxygens (including phenoxy) is 1. The zero-order valence-corrected chi connectivity index (χ0v) is 10.9. The molecule has 5 heteroatoms. The minimum atomic E-state index is -0.803. The summed E-state index contributed by atoms with van der Waals surface area (Å²) in [5.74, 6) is -0.221. The van der Waals surface area contributed by atoms with Gasteiger partial charge < -0.3 is 9.84 Å². The van der Waals surface area contributed by atoms with Gasteiger partial charge in [0.05, 0.1) is 12.1 Å². The van der Waals surface area contributed by atoms with E-state index in [4.69, 9.17) is 9.84 Å². The van der Waals surface area contributed by atoms with E-state index in [-0.39, 0.29) is 12.5 Å². The third-order valence-electron chi connectivity index (χ3n) is 2.86. The third-order valence-corrected chi connectivity index (χ3v) is 4.08. The zero-order chi connectivity index (χ0) is 12.4. The lowest BCUT2D eigenvalue weighted by molar-refractivity contribution is -0.136. The summed E-state index contributed by atoms with van der Waals surface area (Å²) < 4.78 is 5.73. The van der Waals surface area contributed by atoms with Gasteiger partial charge in [0.1, 0.15) is 11.1 Å². The molecule has 17 heavy (non-hydrogen) atoms. The zero-order valence-electron chi connectivity index (χ0n) is 10.1. The topological polar surface area (TPSA) is 59.4 Å². The fourth-order valence-corrected chi connectivity index (χ4v) is 3.06. The fourth-order valence-electron chi connectivity index (χ4n) is 1.86. The van der Waals surface area contributed by atoms with Gasteiger partial charge in [0.2, 0.25) is 0 Å². The van der Waals surface area contributed by atoms with E-state index >= 15 is 0 Å². The summed E-state index contributed by atoms with van der Waals surface area (Å²) in [6.07, 6.45) is 2.52. The second-order valence-corrected chi connectivity index (χ2v) is 5.46. The Hall–Kier alpha value is -0.940. The van der Waals surface area contributed by atoms with E-state index in [1.807, 2.05) is 13.8 Å². The Bertz CT molecular complexity index is 412. The maximum absolute atomic E-state index is 10.7. The smallest absolute Gasteiger partial charge is 0.308 e. The number of thiazole rings is 1. The highest BCUT2D eigenvalue weighted by molar-refractivity contribution is 7.11. The van der Waals surface area contributed by atoms with Crippen LogP contribution in [0.2, 0.25) is 0 Å². The van der Waals surface area contributed by atoms with Crippen LogP contribution in [0.5, 0.6) is 0 Å². The number of nitrogens with zero attached hydrogens (tertiary/aromatic N) is 1. The molecule has 1 aromatic heterocycles. The number of hydrogen-bond donors (Lipinski definition) is 1. The van der Waals surface area contributed by atoms with Crippen molar-refractivity contribution in [3.05, 3.63) is 15.6 Å². The Morgan fingerprint density at radius 1 is 1.65 bits per heavy atom. The van der Waals surface area contributed by atoms with Crippen molar-refractivity contribution in [2.45, 2.75) is 39.2 Å². The number of rotatable bonds is 6. The van der Waals surface area contributed by atoms with Crippen molar-refractivity contribution >= 4 is 17.3 Å². The second-order valence-electron chi connectivity index (χ2n) is 4.34. The Labute approximate surface area is 105 Å². The van der Waals surface area contributed by atoms with Crippen LogP contribution in [0.4, 0.5) is 0 Å². The Morgan fingerprint density at radius 3 is 2.88 bits per heavy atom. The molecule has 0 aliphatic heterocycles. The van der Waals surface area contributed by atoms with Crippen molar-refractivity contribution in [1.82, 2.24) is 4.98 Å². The highest BCUT2D eigenvalue weighted by Gasteiger charge is 2.35. The maximum atomic E-state index is 10.7. The molecule has 1 saturated carbocycles. The lowest BCUT2D eigenvalue weighted by Crippen LogP contribution is -2.05. The Kier molecular flexibility index (Phi) is 3.79. The minimum Gasteiger partial charge on any atom is -0.481 e. The molecule has 1 heterocycles. The largest absolute Gasteiger partial charge is 0.481 e. The molecule has 0 radical (unpaired) electrons. The molecule has 1 aliphatic carbocycles. The predicted octanol–water partition coefficient (Wildman–Crippen LogP) is 2.57. The molecular weight excluding hydrogens is 238 g/mol. The van der Waals surface area contributed by atoms with Crippen molar-refractivity contribution < 1.29 is 14.6 Å². The highest BCUT2D eigenvalue weighted by atomic mass is 32.1. The molecule has 1 aromatic rings. The number of carbonyl (C=O) groups is 1. The Morgan fingerprint density at radius 2 is 2.35 bits per heavy atom. The quantitative estimate of drug-likeness (QED) is 0.848. The molecule has 1 fully saturated rings. The third kappa shape index (κ3) is 3.04. The van der Waals surface area contributed by atoms with E-state index < -0.39 is 5.97 Å².